The molecule has 1 atom stereocenters. The third-order valence-electron chi connectivity index (χ3n) is 5.30. The second-order valence-corrected chi connectivity index (χ2v) is 8.99. The van der Waals surface area contributed by atoms with Gasteiger partial charge in [0.15, 0.2) is 5.17 Å². The van der Waals surface area contributed by atoms with Crippen LogP contribution in [-0.4, -0.2) is 40.8 Å². The summed E-state index contributed by atoms with van der Waals surface area (Å²) in [5.41, 5.74) is 2.32. The number of anilines is 1. The van der Waals surface area contributed by atoms with Gasteiger partial charge in [-0.05, 0) is 48.9 Å². The summed E-state index contributed by atoms with van der Waals surface area (Å²) in [7, 11) is 1.61. The molecule has 0 radical (unpaired) electrons. The summed E-state index contributed by atoms with van der Waals surface area (Å²) in [6, 6.07) is 24.2. The number of ether oxygens (including phenoxy) is 2. The molecule has 0 aliphatic carbocycles. The van der Waals surface area contributed by atoms with Gasteiger partial charge >= 0.3 is 0 Å². The lowest BCUT2D eigenvalue weighted by Crippen LogP contribution is -2.33. The minimum atomic E-state index is -0.564. The lowest BCUT2D eigenvalue weighted by Gasteiger charge is -2.17. The fourth-order valence-electron chi connectivity index (χ4n) is 3.61. The van der Waals surface area contributed by atoms with E-state index >= 15 is 0 Å². The van der Waals surface area contributed by atoms with Crippen LogP contribution in [0.3, 0.4) is 0 Å². The molecule has 0 bridgehead atoms. The average molecular weight is 490 g/mol. The summed E-state index contributed by atoms with van der Waals surface area (Å²) in [5.74, 6) is 1.05. The molecule has 1 aliphatic heterocycles. The number of para-hydroxylation sites is 1. The number of carbonyl (C=O) groups is 2. The molecule has 180 valence electrons. The molecule has 3 aromatic carbocycles. The molecule has 8 heteroatoms. The first-order chi connectivity index (χ1) is 17.1. The highest BCUT2D eigenvalue weighted by molar-refractivity contribution is 8.15. The fourth-order valence-corrected chi connectivity index (χ4v) is 4.76. The summed E-state index contributed by atoms with van der Waals surface area (Å²) in [6.45, 7) is 2.80. The predicted octanol–water partition coefficient (Wildman–Crippen LogP) is 5.25. The molecule has 0 aromatic heterocycles. The van der Waals surface area contributed by atoms with Gasteiger partial charge in [0.2, 0.25) is 11.8 Å². The molecule has 2 amide bonds. The molecule has 3 aromatic rings. The summed E-state index contributed by atoms with van der Waals surface area (Å²) < 4.78 is 10.7. The van der Waals surface area contributed by atoms with Gasteiger partial charge in [0.05, 0.1) is 25.9 Å². The van der Waals surface area contributed by atoms with Crippen LogP contribution in [-0.2, 0) is 16.1 Å². The molecule has 4 rings (SSSR count). The van der Waals surface area contributed by atoms with Gasteiger partial charge in [-0.15, -0.1) is 0 Å². The van der Waals surface area contributed by atoms with E-state index in [2.05, 4.69) is 5.32 Å². The number of methoxy groups -OCH3 is 1. The maximum atomic E-state index is 13.4. The molecular weight excluding hydrogens is 462 g/mol. The van der Waals surface area contributed by atoms with Crippen LogP contribution in [0, 0.1) is 0 Å². The zero-order chi connectivity index (χ0) is 24.6. The topological polar surface area (TPSA) is 80.2 Å². The van der Waals surface area contributed by atoms with Crippen LogP contribution in [0.2, 0.25) is 0 Å². The maximum Gasteiger partial charge on any atom is 0.242 e. The molecule has 1 unspecified atom stereocenters. The monoisotopic (exact) mass is 489 g/mol. The first-order valence-corrected chi connectivity index (χ1v) is 12.2. The highest BCUT2D eigenvalue weighted by Crippen LogP contribution is 2.33. The van der Waals surface area contributed by atoms with E-state index in [1.807, 2.05) is 73.7 Å². The van der Waals surface area contributed by atoms with Crippen molar-refractivity contribution in [3.05, 3.63) is 84.4 Å². The van der Waals surface area contributed by atoms with Crippen molar-refractivity contribution in [2.75, 3.05) is 19.0 Å². The largest absolute Gasteiger partial charge is 0.497 e. The molecule has 7 nitrogen and oxygen atoms in total. The Labute approximate surface area is 209 Å². The zero-order valence-corrected chi connectivity index (χ0v) is 20.5. The van der Waals surface area contributed by atoms with Crippen LogP contribution < -0.4 is 14.8 Å². The first kappa shape index (κ1) is 24.3. The number of benzene rings is 3. The third kappa shape index (κ3) is 6.42. The lowest BCUT2D eigenvalue weighted by atomic mass is 10.2. The molecule has 1 heterocycles. The normalized spacial score (nSPS) is 16.4. The van der Waals surface area contributed by atoms with Gasteiger partial charge in [-0.1, -0.05) is 48.2 Å². The smallest absolute Gasteiger partial charge is 0.242 e. The van der Waals surface area contributed by atoms with Crippen molar-refractivity contribution in [1.82, 2.24) is 4.90 Å². The second-order valence-electron chi connectivity index (χ2n) is 7.82. The van der Waals surface area contributed by atoms with Crippen LogP contribution in [0.5, 0.6) is 11.5 Å². The van der Waals surface area contributed by atoms with Gasteiger partial charge in [-0.25, -0.2) is 4.99 Å². The number of carbonyl (C=O) groups excluding carboxylic acids is 2. The molecular formula is C27H27N3O4S. The van der Waals surface area contributed by atoms with E-state index in [1.165, 1.54) is 11.8 Å². The molecule has 1 aliphatic rings. The Hall–Kier alpha value is -3.78. The Morgan fingerprint density at radius 2 is 1.80 bits per heavy atom. The summed E-state index contributed by atoms with van der Waals surface area (Å²) in [6.07, 6.45) is 0.0370. The quantitative estimate of drug-likeness (QED) is 0.444. The van der Waals surface area contributed by atoms with E-state index in [4.69, 9.17) is 14.5 Å². The van der Waals surface area contributed by atoms with Gasteiger partial charge in [0.25, 0.3) is 0 Å². The Morgan fingerprint density at radius 3 is 2.51 bits per heavy atom. The van der Waals surface area contributed by atoms with Crippen molar-refractivity contribution >= 4 is 40.1 Å². The summed E-state index contributed by atoms with van der Waals surface area (Å²) >= 11 is 1.31. The van der Waals surface area contributed by atoms with Gasteiger partial charge in [-0.3, -0.25) is 14.5 Å². The van der Waals surface area contributed by atoms with E-state index in [0.717, 1.165) is 17.0 Å². The Bertz CT molecular complexity index is 1200. The van der Waals surface area contributed by atoms with E-state index in [-0.39, 0.29) is 18.2 Å². The van der Waals surface area contributed by atoms with Crippen molar-refractivity contribution in [2.45, 2.75) is 25.1 Å². The van der Waals surface area contributed by atoms with Crippen molar-refractivity contribution in [3.8, 4) is 11.5 Å². The van der Waals surface area contributed by atoms with E-state index < -0.39 is 5.25 Å². The number of hydrogen-bond acceptors (Lipinski definition) is 6. The highest BCUT2D eigenvalue weighted by Gasteiger charge is 2.39. The van der Waals surface area contributed by atoms with Gasteiger partial charge in [0.1, 0.15) is 16.7 Å². The fraction of sp³-hybridized carbons (Fsp3) is 0.222. The minimum Gasteiger partial charge on any atom is -0.497 e. The maximum absolute atomic E-state index is 13.4. The molecule has 0 spiro atoms. The number of aliphatic imine (C=N–C) groups is 1. The first-order valence-electron chi connectivity index (χ1n) is 11.3. The number of nitrogens with one attached hydrogen (secondary N) is 1. The molecule has 1 N–H and O–H groups in total. The summed E-state index contributed by atoms with van der Waals surface area (Å²) in [5, 5.41) is 2.89. The summed E-state index contributed by atoms with van der Waals surface area (Å²) in [4.78, 5) is 32.5. The Balaban J connectivity index is 1.50. The van der Waals surface area contributed by atoms with Crippen molar-refractivity contribution < 1.29 is 19.1 Å². The number of thioether (sulfide) groups is 1. The molecule has 0 saturated carbocycles. The Kier molecular flexibility index (Phi) is 8.05. The SMILES string of the molecule is CCOc1cccc(NC(=O)CC2SC(=Nc3ccccc3)N(Cc3ccc(OC)cc3)C2=O)c1. The van der Waals surface area contributed by atoms with Gasteiger partial charge in [-0.2, -0.15) is 0 Å². The van der Waals surface area contributed by atoms with Crippen LogP contribution in [0.15, 0.2) is 83.9 Å². The van der Waals surface area contributed by atoms with Crippen LogP contribution in [0.4, 0.5) is 11.4 Å². The molecule has 1 saturated heterocycles. The molecule has 35 heavy (non-hydrogen) atoms. The van der Waals surface area contributed by atoms with Gasteiger partial charge in [0, 0.05) is 18.2 Å². The number of amides is 2. The predicted molar refractivity (Wildman–Crippen MR) is 139 cm³/mol. The minimum absolute atomic E-state index is 0.0370. The van der Waals surface area contributed by atoms with Gasteiger partial charge < -0.3 is 14.8 Å². The molecule has 1 fully saturated rings. The van der Waals surface area contributed by atoms with Crippen LogP contribution in [0.1, 0.15) is 18.9 Å². The highest BCUT2D eigenvalue weighted by atomic mass is 32.2. The number of nitrogens with zero attached hydrogens (tertiary/aromatic N) is 2. The standard InChI is InChI=1S/C27H27N3O4S/c1-3-34-23-11-7-10-21(16-23)28-25(31)17-24-26(32)30(18-19-12-14-22(33-2)15-13-19)27(35-24)29-20-8-5-4-6-9-20/h4-16,24H,3,17-18H2,1-2H3,(H,28,31). The Morgan fingerprint density at radius 1 is 1.03 bits per heavy atom. The lowest BCUT2D eigenvalue weighted by molar-refractivity contribution is -0.128. The van der Waals surface area contributed by atoms with E-state index in [1.54, 1.807) is 24.1 Å². The van der Waals surface area contributed by atoms with Crippen LogP contribution in [0.25, 0.3) is 0 Å². The third-order valence-corrected chi connectivity index (χ3v) is 6.48. The van der Waals surface area contributed by atoms with Crippen molar-refractivity contribution in [2.24, 2.45) is 4.99 Å². The number of hydrogen-bond donors (Lipinski definition) is 1. The zero-order valence-electron chi connectivity index (χ0n) is 19.6. The second kappa shape index (κ2) is 11.6. The number of amidine groups is 1. The number of rotatable bonds is 9. The van der Waals surface area contributed by atoms with E-state index in [9.17, 15) is 9.59 Å². The average Bonchev–Trinajstić information content (AvgIpc) is 3.14. The van der Waals surface area contributed by atoms with Crippen LogP contribution >= 0.6 is 11.8 Å². The van der Waals surface area contributed by atoms with Crippen molar-refractivity contribution in [3.63, 3.8) is 0 Å². The van der Waals surface area contributed by atoms with E-state index in [0.29, 0.717) is 29.8 Å². The van der Waals surface area contributed by atoms with Crippen molar-refractivity contribution in [1.29, 1.82) is 0 Å².